The van der Waals surface area contributed by atoms with Crippen LogP contribution in [-0.2, 0) is 0 Å². The minimum Gasteiger partial charge on any atom is -0.398 e. The quantitative estimate of drug-likeness (QED) is 0.705. The second kappa shape index (κ2) is 6.06. The highest BCUT2D eigenvalue weighted by molar-refractivity contribution is 7.98. The number of halogens is 1. The van der Waals surface area contributed by atoms with Crippen LogP contribution in [0.5, 0.6) is 0 Å². The molecule has 1 aromatic carbocycles. The molecule has 1 atom stereocenters. The zero-order valence-electron chi connectivity index (χ0n) is 10.4. The Morgan fingerprint density at radius 2 is 2.28 bits per heavy atom. The smallest absolute Gasteiger partial charge is 0.253 e. The summed E-state index contributed by atoms with van der Waals surface area (Å²) < 4.78 is 13.0. The molecule has 1 rings (SSSR count). The fraction of sp³-hybridized carbons (Fsp3) is 0.417. The van der Waals surface area contributed by atoms with Crippen LogP contribution in [0.15, 0.2) is 18.2 Å². The van der Waals surface area contributed by atoms with E-state index in [1.807, 2.05) is 6.26 Å². The van der Waals surface area contributed by atoms with E-state index in [9.17, 15) is 14.3 Å². The summed E-state index contributed by atoms with van der Waals surface area (Å²) in [5.41, 5.74) is 4.88. The van der Waals surface area contributed by atoms with E-state index in [1.54, 1.807) is 6.92 Å². The molecule has 0 heterocycles. The molecule has 0 aliphatic carbocycles. The van der Waals surface area contributed by atoms with Crippen molar-refractivity contribution >= 4 is 23.4 Å². The summed E-state index contributed by atoms with van der Waals surface area (Å²) in [7, 11) is 0. The Balaban J connectivity index is 2.69. The number of amides is 1. The molecular formula is C12H17FN2O2S. The standard InChI is InChI=1S/C12H17FN2O2S/c1-12(17,7-18-2)6-15-11(16)9-5-8(13)3-4-10(9)14/h3-5,17H,6-7,14H2,1-2H3,(H,15,16). The monoisotopic (exact) mass is 272 g/mol. The number of benzene rings is 1. The Bertz CT molecular complexity index is 438. The lowest BCUT2D eigenvalue weighted by molar-refractivity contribution is 0.0725. The molecule has 0 fully saturated rings. The van der Waals surface area contributed by atoms with Crippen LogP contribution in [0.4, 0.5) is 10.1 Å². The van der Waals surface area contributed by atoms with Crippen molar-refractivity contribution in [2.24, 2.45) is 0 Å². The van der Waals surface area contributed by atoms with Gasteiger partial charge in [0.2, 0.25) is 0 Å². The first kappa shape index (κ1) is 14.8. The first-order chi connectivity index (χ1) is 8.35. The van der Waals surface area contributed by atoms with E-state index in [1.165, 1.54) is 23.9 Å². The van der Waals surface area contributed by atoms with Gasteiger partial charge in [0.15, 0.2) is 0 Å². The third-order valence-corrected chi connectivity index (χ3v) is 3.26. The van der Waals surface area contributed by atoms with E-state index >= 15 is 0 Å². The number of thioether (sulfide) groups is 1. The van der Waals surface area contributed by atoms with Crippen molar-refractivity contribution in [2.45, 2.75) is 12.5 Å². The first-order valence-corrected chi connectivity index (χ1v) is 6.79. The van der Waals surface area contributed by atoms with Gasteiger partial charge in [0, 0.05) is 18.0 Å². The number of nitrogens with two attached hydrogens (primary N) is 1. The summed E-state index contributed by atoms with van der Waals surface area (Å²) in [6.07, 6.45) is 1.86. The number of rotatable bonds is 5. The van der Waals surface area contributed by atoms with E-state index in [4.69, 9.17) is 5.73 Å². The molecule has 0 saturated carbocycles. The van der Waals surface area contributed by atoms with Gasteiger partial charge in [-0.1, -0.05) is 0 Å². The van der Waals surface area contributed by atoms with E-state index in [0.29, 0.717) is 5.75 Å². The highest BCUT2D eigenvalue weighted by Crippen LogP contribution is 2.14. The Morgan fingerprint density at radius 3 is 2.89 bits per heavy atom. The highest BCUT2D eigenvalue weighted by atomic mass is 32.2. The summed E-state index contributed by atoms with van der Waals surface area (Å²) in [5, 5.41) is 12.4. The van der Waals surface area contributed by atoms with Gasteiger partial charge in [-0.25, -0.2) is 4.39 Å². The van der Waals surface area contributed by atoms with Gasteiger partial charge in [-0.15, -0.1) is 0 Å². The molecule has 4 nitrogen and oxygen atoms in total. The van der Waals surface area contributed by atoms with Crippen molar-refractivity contribution in [3.05, 3.63) is 29.6 Å². The zero-order chi connectivity index (χ0) is 13.8. The molecule has 1 amide bonds. The van der Waals surface area contributed by atoms with Crippen molar-refractivity contribution in [2.75, 3.05) is 24.3 Å². The minimum atomic E-state index is -1.00. The van der Waals surface area contributed by atoms with Gasteiger partial charge in [0.05, 0.1) is 11.2 Å². The molecule has 0 bridgehead atoms. The van der Waals surface area contributed by atoms with Gasteiger partial charge in [0.1, 0.15) is 5.82 Å². The van der Waals surface area contributed by atoms with Crippen LogP contribution < -0.4 is 11.1 Å². The van der Waals surface area contributed by atoms with Crippen LogP contribution in [0.25, 0.3) is 0 Å². The average Bonchev–Trinajstić information content (AvgIpc) is 2.29. The van der Waals surface area contributed by atoms with Crippen LogP contribution in [0.3, 0.4) is 0 Å². The normalized spacial score (nSPS) is 14.0. The van der Waals surface area contributed by atoms with Gasteiger partial charge < -0.3 is 16.2 Å². The highest BCUT2D eigenvalue weighted by Gasteiger charge is 2.21. The van der Waals surface area contributed by atoms with Crippen molar-refractivity contribution in [1.29, 1.82) is 0 Å². The maximum Gasteiger partial charge on any atom is 0.253 e. The van der Waals surface area contributed by atoms with Gasteiger partial charge in [-0.05, 0) is 31.4 Å². The molecule has 0 aliphatic rings. The van der Waals surface area contributed by atoms with Crippen molar-refractivity contribution in [1.82, 2.24) is 5.32 Å². The van der Waals surface area contributed by atoms with Gasteiger partial charge >= 0.3 is 0 Å². The van der Waals surface area contributed by atoms with Crippen LogP contribution in [0.1, 0.15) is 17.3 Å². The van der Waals surface area contributed by atoms with Crippen molar-refractivity contribution < 1.29 is 14.3 Å². The lowest BCUT2D eigenvalue weighted by atomic mass is 10.1. The molecular weight excluding hydrogens is 255 g/mol. The first-order valence-electron chi connectivity index (χ1n) is 5.40. The second-order valence-electron chi connectivity index (χ2n) is 4.34. The molecule has 18 heavy (non-hydrogen) atoms. The number of anilines is 1. The minimum absolute atomic E-state index is 0.0787. The van der Waals surface area contributed by atoms with Crippen molar-refractivity contribution in [3.63, 3.8) is 0 Å². The van der Waals surface area contributed by atoms with Crippen LogP contribution in [-0.4, -0.2) is 35.2 Å². The summed E-state index contributed by atoms with van der Waals surface area (Å²) in [6.45, 7) is 1.71. The molecule has 1 aromatic rings. The molecule has 0 aromatic heterocycles. The number of aliphatic hydroxyl groups is 1. The molecule has 6 heteroatoms. The fourth-order valence-corrected chi connectivity index (χ4v) is 2.18. The lowest BCUT2D eigenvalue weighted by Gasteiger charge is -2.22. The van der Waals surface area contributed by atoms with E-state index in [2.05, 4.69) is 5.32 Å². The number of nitrogen functional groups attached to an aromatic ring is 1. The molecule has 100 valence electrons. The van der Waals surface area contributed by atoms with Crippen LogP contribution in [0, 0.1) is 5.82 Å². The third kappa shape index (κ3) is 4.19. The SMILES string of the molecule is CSCC(C)(O)CNC(=O)c1cc(F)ccc1N. The fourth-order valence-electron chi connectivity index (χ4n) is 1.45. The predicted molar refractivity (Wildman–Crippen MR) is 72.2 cm³/mol. The molecule has 0 spiro atoms. The predicted octanol–water partition coefficient (Wildman–Crippen LogP) is 1.25. The van der Waals surface area contributed by atoms with E-state index < -0.39 is 17.3 Å². The largest absolute Gasteiger partial charge is 0.398 e. The lowest BCUT2D eigenvalue weighted by Crippen LogP contribution is -2.42. The molecule has 0 saturated heterocycles. The Labute approximate surface area is 110 Å². The summed E-state index contributed by atoms with van der Waals surface area (Å²) in [6, 6.07) is 3.61. The third-order valence-electron chi connectivity index (χ3n) is 2.35. The number of carbonyl (C=O) groups excluding carboxylic acids is 1. The number of carbonyl (C=O) groups is 1. The van der Waals surface area contributed by atoms with Crippen LogP contribution >= 0.6 is 11.8 Å². The Hall–Kier alpha value is -1.27. The molecule has 4 N–H and O–H groups in total. The second-order valence-corrected chi connectivity index (χ2v) is 5.21. The van der Waals surface area contributed by atoms with E-state index in [0.717, 1.165) is 6.07 Å². The average molecular weight is 272 g/mol. The number of nitrogens with one attached hydrogen (secondary N) is 1. The Morgan fingerprint density at radius 1 is 1.61 bits per heavy atom. The van der Waals surface area contributed by atoms with E-state index in [-0.39, 0.29) is 17.8 Å². The zero-order valence-corrected chi connectivity index (χ0v) is 11.2. The van der Waals surface area contributed by atoms with Gasteiger partial charge in [-0.2, -0.15) is 11.8 Å². The Kier molecular flexibility index (Phi) is 4.98. The molecule has 1 unspecified atom stereocenters. The van der Waals surface area contributed by atoms with Crippen molar-refractivity contribution in [3.8, 4) is 0 Å². The molecule has 0 aliphatic heterocycles. The maximum absolute atomic E-state index is 13.0. The summed E-state index contributed by atoms with van der Waals surface area (Å²) in [4.78, 5) is 11.8. The van der Waals surface area contributed by atoms with Gasteiger partial charge in [0.25, 0.3) is 5.91 Å². The maximum atomic E-state index is 13.0. The van der Waals surface area contributed by atoms with Crippen LogP contribution in [0.2, 0.25) is 0 Å². The number of hydrogen-bond donors (Lipinski definition) is 3. The number of hydrogen-bond acceptors (Lipinski definition) is 4. The van der Waals surface area contributed by atoms with Gasteiger partial charge in [-0.3, -0.25) is 4.79 Å². The summed E-state index contributed by atoms with van der Waals surface area (Å²) >= 11 is 1.48. The summed E-state index contributed by atoms with van der Waals surface area (Å²) in [5.74, 6) is -0.523. The topological polar surface area (TPSA) is 75.3 Å². The molecule has 0 radical (unpaired) electrons.